The number of hydrogen-bond donors (Lipinski definition) is 0. The Balaban J connectivity index is 1.19. The number of nitrogens with zero attached hydrogens (tertiary/aromatic N) is 4. The number of hydrogen-bond acceptors (Lipinski definition) is 3. The minimum atomic E-state index is 0.227. The van der Waals surface area contributed by atoms with Crippen LogP contribution in [0.5, 0.6) is 0 Å². The van der Waals surface area contributed by atoms with Crippen molar-refractivity contribution in [3.63, 3.8) is 0 Å². The van der Waals surface area contributed by atoms with Gasteiger partial charge in [-0.3, -0.25) is 0 Å². The molecule has 0 aliphatic heterocycles. The SMILES string of the molecule is [C-]#[N+]c1cc(C#N)cc(C2CCCCC2)c1-c1cc2c3cc4c(cc3c(-c3c(C#N)cc(C#N)cc3C3CCCCC3)cc2c2cc3c(cc12)-c1cccc2cccc-3c12)-c1cccc2cccc-4c12. The summed E-state index contributed by atoms with van der Waals surface area (Å²) in [5.41, 5.74) is 17.8. The van der Waals surface area contributed by atoms with Crippen LogP contribution in [0.4, 0.5) is 5.69 Å². The van der Waals surface area contributed by atoms with E-state index in [1.54, 1.807) is 6.07 Å². The minimum Gasteiger partial charge on any atom is -0.237 e. The van der Waals surface area contributed by atoms with Crippen molar-refractivity contribution in [1.82, 2.24) is 0 Å². The maximum atomic E-state index is 11.2. The van der Waals surface area contributed by atoms with E-state index in [0.717, 1.165) is 117 Å². The Morgan fingerprint density at radius 2 is 0.771 bits per heavy atom. The van der Waals surface area contributed by atoms with Crippen molar-refractivity contribution in [1.29, 1.82) is 15.8 Å². The van der Waals surface area contributed by atoms with E-state index in [1.165, 1.54) is 78.9 Å². The second-order valence-electron chi connectivity index (χ2n) is 20.3. The molecule has 0 spiro atoms. The van der Waals surface area contributed by atoms with Crippen molar-refractivity contribution in [2.45, 2.75) is 76.0 Å². The molecular formula is C66H44N4. The topological polar surface area (TPSA) is 75.7 Å². The lowest BCUT2D eigenvalue weighted by Crippen LogP contribution is -2.08. The van der Waals surface area contributed by atoms with E-state index in [0.29, 0.717) is 22.4 Å². The first kappa shape index (κ1) is 40.5. The van der Waals surface area contributed by atoms with Crippen LogP contribution in [0.1, 0.15) is 104 Å². The van der Waals surface area contributed by atoms with Gasteiger partial charge in [-0.05, 0) is 224 Å². The van der Waals surface area contributed by atoms with E-state index < -0.39 is 0 Å². The van der Waals surface area contributed by atoms with E-state index in [2.05, 4.69) is 144 Å². The molecule has 70 heavy (non-hydrogen) atoms. The van der Waals surface area contributed by atoms with Crippen LogP contribution in [0.25, 0.3) is 125 Å². The fraction of sp³-hybridized carbons (Fsp3) is 0.182. The van der Waals surface area contributed by atoms with Crippen LogP contribution in [0, 0.1) is 40.6 Å². The largest absolute Gasteiger partial charge is 0.237 e. The molecule has 0 aromatic heterocycles. The number of nitriles is 3. The zero-order valence-electron chi connectivity index (χ0n) is 38.7. The Hall–Kier alpha value is -8.54. The predicted molar refractivity (Wildman–Crippen MR) is 286 cm³/mol. The lowest BCUT2D eigenvalue weighted by molar-refractivity contribution is 0.444. The molecule has 0 saturated heterocycles. The van der Waals surface area contributed by atoms with Gasteiger partial charge in [-0.1, -0.05) is 111 Å². The van der Waals surface area contributed by atoms with Crippen molar-refractivity contribution in [2.24, 2.45) is 0 Å². The molecular weight excluding hydrogens is 849 g/mol. The van der Waals surface area contributed by atoms with Crippen molar-refractivity contribution < 1.29 is 0 Å². The van der Waals surface area contributed by atoms with Gasteiger partial charge in [0.1, 0.15) is 0 Å². The maximum absolute atomic E-state index is 11.2. The molecule has 328 valence electrons. The highest BCUT2D eigenvalue weighted by Gasteiger charge is 2.31. The molecule has 0 atom stereocenters. The molecule has 0 heterocycles. The van der Waals surface area contributed by atoms with Gasteiger partial charge in [0.15, 0.2) is 5.69 Å². The Bertz CT molecular complexity index is 3910. The highest BCUT2D eigenvalue weighted by atomic mass is 14.7. The third-order valence-corrected chi connectivity index (χ3v) is 16.8. The fourth-order valence-corrected chi connectivity index (χ4v) is 13.7. The fourth-order valence-electron chi connectivity index (χ4n) is 13.7. The second kappa shape index (κ2) is 15.5. The van der Waals surface area contributed by atoms with Gasteiger partial charge < -0.3 is 0 Å². The Morgan fingerprint density at radius 1 is 0.386 bits per heavy atom. The number of rotatable bonds is 4. The van der Waals surface area contributed by atoms with Crippen LogP contribution in [-0.4, -0.2) is 0 Å². The summed E-state index contributed by atoms with van der Waals surface area (Å²) in [6.07, 6.45) is 11.0. The molecule has 0 bridgehead atoms. The number of benzene rings is 10. The highest BCUT2D eigenvalue weighted by molar-refractivity contribution is 6.29. The first-order valence-electron chi connectivity index (χ1n) is 25.1. The maximum Gasteiger partial charge on any atom is 0.196 e. The summed E-state index contributed by atoms with van der Waals surface area (Å²) in [7, 11) is 0. The molecule has 0 amide bonds. The minimum absolute atomic E-state index is 0.227. The highest BCUT2D eigenvalue weighted by Crippen LogP contribution is 2.56. The molecule has 0 radical (unpaired) electrons. The van der Waals surface area contributed by atoms with E-state index in [9.17, 15) is 15.8 Å². The molecule has 4 heteroatoms. The van der Waals surface area contributed by atoms with Gasteiger partial charge in [0.25, 0.3) is 0 Å². The quantitative estimate of drug-likeness (QED) is 0.130. The summed E-state index contributed by atoms with van der Waals surface area (Å²) in [4.78, 5) is 4.27. The Labute approximate surface area is 407 Å². The van der Waals surface area contributed by atoms with Crippen LogP contribution < -0.4 is 0 Å². The summed E-state index contributed by atoms with van der Waals surface area (Å²) in [6.45, 7) is 8.77. The Morgan fingerprint density at radius 3 is 1.20 bits per heavy atom. The summed E-state index contributed by atoms with van der Waals surface area (Å²) in [6, 6.07) is 56.1. The summed E-state index contributed by atoms with van der Waals surface area (Å²) in [5, 5.41) is 43.5. The molecule has 4 aliphatic carbocycles. The summed E-state index contributed by atoms with van der Waals surface area (Å²) < 4.78 is 0. The molecule has 2 saturated carbocycles. The van der Waals surface area contributed by atoms with Gasteiger partial charge >= 0.3 is 0 Å². The average molecular weight is 893 g/mol. The van der Waals surface area contributed by atoms with Gasteiger partial charge in [-0.25, -0.2) is 4.85 Å². The van der Waals surface area contributed by atoms with E-state index in [-0.39, 0.29) is 11.8 Å². The third kappa shape index (κ3) is 5.78. The van der Waals surface area contributed by atoms with Crippen LogP contribution >= 0.6 is 0 Å². The standard InChI is InChI=1S/C66H44N4/c1-70-62-27-38(35-68)26-49(40-14-6-3-7-15-40)66(62)61-33-57-54-28-50-44-20-8-16-41-18-10-22-46(63(41)44)52(50)30-58(54)60(65-43(36-69)24-37(34-67)25-48(65)39-12-4-2-5-13-39)32-56(57)55-29-51-45-21-9-17-42-19-11-23-47(64(42)45)53(51)31-59(55)61/h8-11,16-33,39-40H,2-7,12-15H2. The first-order valence-corrected chi connectivity index (χ1v) is 25.1. The van der Waals surface area contributed by atoms with Crippen molar-refractivity contribution in [3.05, 3.63) is 173 Å². The lowest BCUT2D eigenvalue weighted by Gasteiger charge is -2.27. The molecule has 2 fully saturated rings. The average Bonchev–Trinajstić information content (AvgIpc) is 3.91. The van der Waals surface area contributed by atoms with Gasteiger partial charge in [0.05, 0.1) is 35.9 Å². The van der Waals surface area contributed by atoms with Gasteiger partial charge in [-0.2, -0.15) is 15.8 Å². The summed E-state index contributed by atoms with van der Waals surface area (Å²) in [5.74, 6) is 0.460. The zero-order valence-corrected chi connectivity index (χ0v) is 38.7. The van der Waals surface area contributed by atoms with Crippen molar-refractivity contribution in [3.8, 4) is 85.0 Å². The molecule has 10 aromatic rings. The van der Waals surface area contributed by atoms with Gasteiger partial charge in [-0.15, -0.1) is 0 Å². The molecule has 0 unspecified atom stereocenters. The molecule has 0 N–H and O–H groups in total. The van der Waals surface area contributed by atoms with E-state index in [4.69, 9.17) is 6.57 Å². The number of fused-ring (bicyclic) bond motifs is 11. The molecule has 14 rings (SSSR count). The first-order chi connectivity index (χ1) is 34.5. The zero-order chi connectivity index (χ0) is 46.8. The van der Waals surface area contributed by atoms with E-state index >= 15 is 0 Å². The van der Waals surface area contributed by atoms with Crippen LogP contribution in [0.2, 0.25) is 0 Å². The van der Waals surface area contributed by atoms with Crippen LogP contribution in [0.3, 0.4) is 0 Å². The monoisotopic (exact) mass is 892 g/mol. The second-order valence-corrected chi connectivity index (χ2v) is 20.3. The molecule has 10 aromatic carbocycles. The molecule has 4 nitrogen and oxygen atoms in total. The van der Waals surface area contributed by atoms with Gasteiger partial charge in [0, 0.05) is 11.1 Å². The van der Waals surface area contributed by atoms with Crippen molar-refractivity contribution in [2.75, 3.05) is 0 Å². The van der Waals surface area contributed by atoms with E-state index in [1.807, 2.05) is 6.07 Å². The third-order valence-electron chi connectivity index (χ3n) is 16.8. The van der Waals surface area contributed by atoms with Crippen molar-refractivity contribution >= 4 is 59.5 Å². The normalized spacial score (nSPS) is 15.0. The van der Waals surface area contributed by atoms with Crippen LogP contribution in [-0.2, 0) is 0 Å². The molecule has 4 aliphatic rings. The Kier molecular flexibility index (Phi) is 8.97. The lowest BCUT2D eigenvalue weighted by atomic mass is 9.76. The summed E-state index contributed by atoms with van der Waals surface area (Å²) >= 11 is 0. The van der Waals surface area contributed by atoms with Gasteiger partial charge in [0.2, 0.25) is 0 Å². The predicted octanol–water partition coefficient (Wildman–Crippen LogP) is 18.3. The van der Waals surface area contributed by atoms with Crippen LogP contribution in [0.15, 0.2) is 133 Å². The smallest absolute Gasteiger partial charge is 0.196 e.